The Balaban J connectivity index is 1.73. The molecule has 2 aromatic heterocycles. The van der Waals surface area contributed by atoms with Gasteiger partial charge in [0.1, 0.15) is 12.6 Å². The number of fused-ring (bicyclic) bond motifs is 2. The highest BCUT2D eigenvalue weighted by molar-refractivity contribution is 5.86. The van der Waals surface area contributed by atoms with Crippen LogP contribution in [0.5, 0.6) is 0 Å². The maximum absolute atomic E-state index is 12.6. The van der Waals surface area contributed by atoms with Crippen LogP contribution >= 0.6 is 0 Å². The predicted molar refractivity (Wildman–Crippen MR) is 106 cm³/mol. The van der Waals surface area contributed by atoms with Crippen LogP contribution < -0.4 is 15.1 Å². The van der Waals surface area contributed by atoms with Crippen LogP contribution in [0.2, 0.25) is 0 Å². The van der Waals surface area contributed by atoms with E-state index in [1.807, 2.05) is 48.3 Å². The summed E-state index contributed by atoms with van der Waals surface area (Å²) in [6.45, 7) is 1.58. The van der Waals surface area contributed by atoms with Crippen LogP contribution in [0.1, 0.15) is 24.8 Å². The number of pyridine rings is 1. The Kier molecular flexibility index (Phi) is 4.86. The molecule has 28 heavy (non-hydrogen) atoms. The molecule has 0 bridgehead atoms. The standard InChI is InChI=1S/C22H22N2O4/c1-23-8-2-6-16(14-23)18-12-17-11-15-5-3-9-24(10-4-7-21(25)26)19(15)13-20(17)28-22(18)27/h2,6,8,11-14H,3-5,7,9-10H2,1H3/p+1. The fourth-order valence-electron chi connectivity index (χ4n) is 3.88. The monoisotopic (exact) mass is 379 g/mol. The highest BCUT2D eigenvalue weighted by atomic mass is 16.4. The van der Waals surface area contributed by atoms with Crippen molar-refractivity contribution in [1.29, 1.82) is 0 Å². The topological polar surface area (TPSA) is 74.6 Å². The number of anilines is 1. The van der Waals surface area contributed by atoms with E-state index in [9.17, 15) is 9.59 Å². The number of carbonyl (C=O) groups is 1. The summed E-state index contributed by atoms with van der Waals surface area (Å²) in [5.74, 6) is -0.774. The molecule has 0 aliphatic carbocycles. The lowest BCUT2D eigenvalue weighted by Gasteiger charge is -2.31. The minimum atomic E-state index is -0.774. The fourth-order valence-corrected chi connectivity index (χ4v) is 3.88. The van der Waals surface area contributed by atoms with Gasteiger partial charge in [0.15, 0.2) is 12.4 Å². The molecule has 1 aliphatic rings. The summed E-state index contributed by atoms with van der Waals surface area (Å²) in [6, 6.07) is 9.74. The molecule has 0 spiro atoms. The van der Waals surface area contributed by atoms with E-state index in [0.717, 1.165) is 36.0 Å². The lowest BCUT2D eigenvalue weighted by atomic mass is 9.98. The highest BCUT2D eigenvalue weighted by Gasteiger charge is 2.19. The molecular formula is C22H23N2O4+. The Hall–Kier alpha value is -3.15. The number of aryl methyl sites for hydroxylation is 2. The highest BCUT2D eigenvalue weighted by Crippen LogP contribution is 2.32. The van der Waals surface area contributed by atoms with Crippen LogP contribution in [0.25, 0.3) is 22.1 Å². The number of hydrogen-bond donors (Lipinski definition) is 1. The summed E-state index contributed by atoms with van der Waals surface area (Å²) in [6.07, 6.45) is 6.58. The van der Waals surface area contributed by atoms with Gasteiger partial charge in [-0.3, -0.25) is 4.79 Å². The van der Waals surface area contributed by atoms with Crippen LogP contribution in [-0.2, 0) is 18.3 Å². The third kappa shape index (κ3) is 3.63. The van der Waals surface area contributed by atoms with Crippen LogP contribution in [0.3, 0.4) is 0 Å². The number of nitrogens with zero attached hydrogens (tertiary/aromatic N) is 2. The molecule has 0 atom stereocenters. The van der Waals surface area contributed by atoms with Crippen molar-refractivity contribution in [3.05, 3.63) is 58.7 Å². The van der Waals surface area contributed by atoms with Gasteiger partial charge in [0.25, 0.3) is 0 Å². The van der Waals surface area contributed by atoms with Gasteiger partial charge in [-0.15, -0.1) is 0 Å². The van der Waals surface area contributed by atoms with Crippen molar-refractivity contribution < 1.29 is 18.9 Å². The largest absolute Gasteiger partial charge is 0.481 e. The number of aliphatic carboxylic acids is 1. The molecule has 0 fully saturated rings. The molecule has 6 nitrogen and oxygen atoms in total. The minimum absolute atomic E-state index is 0.159. The molecule has 144 valence electrons. The number of rotatable bonds is 5. The first-order valence-corrected chi connectivity index (χ1v) is 9.54. The second-order valence-corrected chi connectivity index (χ2v) is 7.31. The second-order valence-electron chi connectivity index (χ2n) is 7.31. The van der Waals surface area contributed by atoms with Gasteiger partial charge < -0.3 is 14.4 Å². The molecule has 1 aromatic carbocycles. The van der Waals surface area contributed by atoms with Crippen molar-refractivity contribution in [2.75, 3.05) is 18.0 Å². The quantitative estimate of drug-likeness (QED) is 0.545. The van der Waals surface area contributed by atoms with Crippen LogP contribution in [0.4, 0.5) is 5.69 Å². The van der Waals surface area contributed by atoms with Gasteiger partial charge >= 0.3 is 11.6 Å². The zero-order chi connectivity index (χ0) is 19.7. The van der Waals surface area contributed by atoms with E-state index < -0.39 is 5.97 Å². The first-order valence-electron chi connectivity index (χ1n) is 9.54. The molecule has 3 heterocycles. The van der Waals surface area contributed by atoms with Gasteiger partial charge in [0.05, 0.1) is 11.1 Å². The van der Waals surface area contributed by atoms with E-state index in [2.05, 4.69) is 11.0 Å². The minimum Gasteiger partial charge on any atom is -0.481 e. The average molecular weight is 379 g/mol. The summed E-state index contributed by atoms with van der Waals surface area (Å²) in [5, 5.41) is 9.79. The van der Waals surface area contributed by atoms with Crippen molar-refractivity contribution in [2.24, 2.45) is 7.05 Å². The summed E-state index contributed by atoms with van der Waals surface area (Å²) in [4.78, 5) is 25.6. The number of hydrogen-bond acceptors (Lipinski definition) is 4. The summed E-state index contributed by atoms with van der Waals surface area (Å²) >= 11 is 0. The van der Waals surface area contributed by atoms with E-state index >= 15 is 0 Å². The Labute approximate surface area is 162 Å². The molecule has 1 aliphatic heterocycles. The Morgan fingerprint density at radius 2 is 2.18 bits per heavy atom. The lowest BCUT2D eigenvalue weighted by Crippen LogP contribution is -2.30. The van der Waals surface area contributed by atoms with Gasteiger partial charge in [0, 0.05) is 42.7 Å². The van der Waals surface area contributed by atoms with Crippen LogP contribution in [0.15, 0.2) is 51.9 Å². The van der Waals surface area contributed by atoms with Gasteiger partial charge in [-0.2, -0.15) is 0 Å². The third-order valence-electron chi connectivity index (χ3n) is 5.22. The summed E-state index contributed by atoms with van der Waals surface area (Å²) in [7, 11) is 1.92. The molecule has 0 saturated heterocycles. The van der Waals surface area contributed by atoms with Crippen molar-refractivity contribution >= 4 is 22.6 Å². The molecule has 0 radical (unpaired) electrons. The lowest BCUT2D eigenvalue weighted by molar-refractivity contribution is -0.671. The molecule has 4 rings (SSSR count). The molecular weight excluding hydrogens is 356 g/mol. The van der Waals surface area contributed by atoms with Crippen molar-refractivity contribution in [2.45, 2.75) is 25.7 Å². The average Bonchev–Trinajstić information content (AvgIpc) is 2.66. The van der Waals surface area contributed by atoms with Crippen molar-refractivity contribution in [3.8, 4) is 11.1 Å². The van der Waals surface area contributed by atoms with Crippen LogP contribution in [-0.4, -0.2) is 24.2 Å². The Morgan fingerprint density at radius 3 is 2.96 bits per heavy atom. The summed E-state index contributed by atoms with van der Waals surface area (Å²) < 4.78 is 7.56. The number of aromatic nitrogens is 1. The summed E-state index contributed by atoms with van der Waals surface area (Å²) in [5.41, 5.74) is 3.86. The SMILES string of the molecule is C[n+]1cccc(-c2cc3cc4c(cc3oc2=O)N(CCCC(=O)O)CCC4)c1. The smallest absolute Gasteiger partial charge is 0.344 e. The molecule has 6 heteroatoms. The molecule has 1 N–H and O–H groups in total. The zero-order valence-corrected chi connectivity index (χ0v) is 15.9. The van der Waals surface area contributed by atoms with Gasteiger partial charge in [-0.1, -0.05) is 0 Å². The number of benzene rings is 1. The maximum atomic E-state index is 12.6. The van der Waals surface area contributed by atoms with E-state index in [4.69, 9.17) is 9.52 Å². The van der Waals surface area contributed by atoms with Crippen molar-refractivity contribution in [3.63, 3.8) is 0 Å². The molecule has 0 unspecified atom stereocenters. The maximum Gasteiger partial charge on any atom is 0.344 e. The van der Waals surface area contributed by atoms with Crippen molar-refractivity contribution in [1.82, 2.24) is 0 Å². The Bertz CT molecular complexity index is 1100. The van der Waals surface area contributed by atoms with E-state index in [0.29, 0.717) is 24.1 Å². The predicted octanol–water partition coefficient (Wildman–Crippen LogP) is 2.90. The van der Waals surface area contributed by atoms with Gasteiger partial charge in [0.2, 0.25) is 0 Å². The first kappa shape index (κ1) is 18.2. The Morgan fingerprint density at radius 1 is 1.32 bits per heavy atom. The molecule has 0 saturated carbocycles. The fraction of sp³-hybridized carbons (Fsp3) is 0.318. The molecule has 0 amide bonds. The third-order valence-corrected chi connectivity index (χ3v) is 5.22. The van der Waals surface area contributed by atoms with E-state index in [1.54, 1.807) is 0 Å². The second kappa shape index (κ2) is 7.46. The van der Waals surface area contributed by atoms with E-state index in [1.165, 1.54) is 5.56 Å². The first-order chi connectivity index (χ1) is 13.5. The van der Waals surface area contributed by atoms with Crippen LogP contribution in [0, 0.1) is 0 Å². The van der Waals surface area contributed by atoms with E-state index in [-0.39, 0.29) is 12.0 Å². The zero-order valence-electron chi connectivity index (χ0n) is 15.9. The normalized spacial score (nSPS) is 13.5. The number of carboxylic acids is 1. The van der Waals surface area contributed by atoms with Gasteiger partial charge in [-0.25, -0.2) is 9.36 Å². The number of carboxylic acid groups (broad SMARTS) is 1. The molecule has 3 aromatic rings. The van der Waals surface area contributed by atoms with Gasteiger partial charge in [-0.05, 0) is 43.0 Å².